The van der Waals surface area contributed by atoms with E-state index in [0.717, 1.165) is 11.1 Å². The second kappa shape index (κ2) is 9.93. The van der Waals surface area contributed by atoms with Gasteiger partial charge in [0.25, 0.3) is 5.56 Å². The van der Waals surface area contributed by atoms with E-state index in [1.54, 1.807) is 54.8 Å². The van der Waals surface area contributed by atoms with Crippen LogP contribution in [0.2, 0.25) is 10.0 Å². The zero-order valence-electron chi connectivity index (χ0n) is 19.3. The summed E-state index contributed by atoms with van der Waals surface area (Å²) < 4.78 is 13.3. The first-order valence-electron chi connectivity index (χ1n) is 11.2. The van der Waals surface area contributed by atoms with E-state index in [-0.39, 0.29) is 12.2 Å². The molecule has 0 spiro atoms. The second-order valence-electron chi connectivity index (χ2n) is 8.07. The number of esters is 1. The van der Waals surface area contributed by atoms with Crippen molar-refractivity contribution in [3.63, 3.8) is 0 Å². The Morgan fingerprint density at radius 3 is 2.56 bits per heavy atom. The number of halogens is 2. The van der Waals surface area contributed by atoms with Crippen molar-refractivity contribution in [2.75, 3.05) is 6.61 Å². The lowest BCUT2D eigenvalue weighted by atomic mass is 9.96. The molecule has 0 N–H and O–H groups in total. The van der Waals surface area contributed by atoms with Crippen LogP contribution in [-0.4, -0.2) is 17.1 Å². The smallest absolute Gasteiger partial charge is 0.338 e. The van der Waals surface area contributed by atoms with Crippen LogP contribution in [0.15, 0.2) is 86.1 Å². The van der Waals surface area contributed by atoms with Gasteiger partial charge in [0.15, 0.2) is 4.80 Å². The van der Waals surface area contributed by atoms with Crippen LogP contribution in [0.3, 0.4) is 0 Å². The Hall–Kier alpha value is -3.39. The van der Waals surface area contributed by atoms with E-state index >= 15 is 0 Å². The van der Waals surface area contributed by atoms with Crippen molar-refractivity contribution >= 4 is 46.6 Å². The van der Waals surface area contributed by atoms with Gasteiger partial charge in [0.1, 0.15) is 11.5 Å². The zero-order valence-corrected chi connectivity index (χ0v) is 21.7. The quantitative estimate of drug-likeness (QED) is 0.320. The summed E-state index contributed by atoms with van der Waals surface area (Å²) in [5.41, 5.74) is 2.12. The number of ether oxygens (including phenoxy) is 1. The van der Waals surface area contributed by atoms with Crippen LogP contribution >= 0.6 is 34.5 Å². The second-order valence-corrected chi connectivity index (χ2v) is 9.96. The first kappa shape index (κ1) is 24.3. The van der Waals surface area contributed by atoms with E-state index in [1.165, 1.54) is 11.3 Å². The summed E-state index contributed by atoms with van der Waals surface area (Å²) >= 11 is 13.5. The maximum absolute atomic E-state index is 13.6. The summed E-state index contributed by atoms with van der Waals surface area (Å²) in [6.07, 6.45) is 1.67. The molecule has 9 heteroatoms. The van der Waals surface area contributed by atoms with Gasteiger partial charge in [-0.25, -0.2) is 9.79 Å². The fourth-order valence-corrected chi connectivity index (χ4v) is 5.71. The van der Waals surface area contributed by atoms with E-state index in [0.29, 0.717) is 42.2 Å². The first-order valence-corrected chi connectivity index (χ1v) is 12.7. The molecular weight excluding hydrogens is 519 g/mol. The number of furan rings is 1. The van der Waals surface area contributed by atoms with E-state index in [4.69, 9.17) is 32.4 Å². The number of carbonyl (C=O) groups excluding carboxylic acids is 1. The molecule has 5 rings (SSSR count). The van der Waals surface area contributed by atoms with E-state index in [9.17, 15) is 9.59 Å². The monoisotopic (exact) mass is 538 g/mol. The minimum Gasteiger partial charge on any atom is -0.463 e. The van der Waals surface area contributed by atoms with Crippen molar-refractivity contribution in [1.82, 2.24) is 4.57 Å². The van der Waals surface area contributed by atoms with Gasteiger partial charge in [0, 0.05) is 21.7 Å². The molecule has 0 unspecified atom stereocenters. The predicted molar refractivity (Wildman–Crippen MR) is 141 cm³/mol. The molecule has 2 aromatic heterocycles. The molecule has 0 radical (unpaired) electrons. The van der Waals surface area contributed by atoms with Gasteiger partial charge in [0.2, 0.25) is 0 Å². The molecule has 182 valence electrons. The van der Waals surface area contributed by atoms with Crippen LogP contribution in [-0.2, 0) is 9.53 Å². The minimum absolute atomic E-state index is 0.222. The van der Waals surface area contributed by atoms with Crippen molar-refractivity contribution in [3.05, 3.63) is 113 Å². The Labute approximate surface area is 220 Å². The fraction of sp³-hybridized carbons (Fsp3) is 0.148. The Kier molecular flexibility index (Phi) is 6.71. The summed E-state index contributed by atoms with van der Waals surface area (Å²) in [5, 5.41) is 0.995. The Balaban J connectivity index is 1.63. The van der Waals surface area contributed by atoms with Crippen molar-refractivity contribution in [2.45, 2.75) is 19.9 Å². The van der Waals surface area contributed by atoms with Gasteiger partial charge in [-0.3, -0.25) is 9.36 Å². The maximum Gasteiger partial charge on any atom is 0.338 e. The molecule has 0 bridgehead atoms. The number of rotatable bonds is 5. The lowest BCUT2D eigenvalue weighted by molar-refractivity contribution is -0.139. The summed E-state index contributed by atoms with van der Waals surface area (Å²) in [5.74, 6) is 0.572. The number of hydrogen-bond donors (Lipinski definition) is 0. The Morgan fingerprint density at radius 2 is 1.86 bits per heavy atom. The van der Waals surface area contributed by atoms with Crippen LogP contribution in [0.4, 0.5) is 0 Å². The summed E-state index contributed by atoms with van der Waals surface area (Å²) in [4.78, 5) is 31.6. The van der Waals surface area contributed by atoms with Gasteiger partial charge in [-0.2, -0.15) is 0 Å². The highest BCUT2D eigenvalue weighted by atomic mass is 35.5. The third-order valence-electron chi connectivity index (χ3n) is 5.68. The predicted octanol–water partition coefficient (Wildman–Crippen LogP) is 5.37. The van der Waals surface area contributed by atoms with Gasteiger partial charge < -0.3 is 9.15 Å². The van der Waals surface area contributed by atoms with Crippen LogP contribution in [0.25, 0.3) is 17.4 Å². The first-order chi connectivity index (χ1) is 17.4. The minimum atomic E-state index is -0.649. The SMILES string of the molecule is CCOC(=O)C1=C(C)N=c2s/c(=C\c3ccc(-c4cc(Cl)cc(Cl)c4)o3)c(=O)n2[C@H]1c1ccccc1. The number of benzene rings is 2. The number of carbonyl (C=O) groups is 1. The number of thiazole rings is 1. The molecule has 0 aliphatic carbocycles. The molecule has 0 saturated heterocycles. The molecular formula is C27H20Cl2N2O4S. The molecule has 1 aliphatic rings. The normalized spacial score (nSPS) is 15.6. The molecule has 0 amide bonds. The van der Waals surface area contributed by atoms with Crippen molar-refractivity contribution in [2.24, 2.45) is 4.99 Å². The third kappa shape index (κ3) is 4.57. The average molecular weight is 539 g/mol. The molecule has 1 atom stereocenters. The van der Waals surface area contributed by atoms with Gasteiger partial charge >= 0.3 is 5.97 Å². The highest BCUT2D eigenvalue weighted by molar-refractivity contribution is 7.07. The summed E-state index contributed by atoms with van der Waals surface area (Å²) in [6.45, 7) is 3.73. The van der Waals surface area contributed by atoms with Crippen molar-refractivity contribution in [3.8, 4) is 11.3 Å². The number of hydrogen-bond acceptors (Lipinski definition) is 6. The van der Waals surface area contributed by atoms with Gasteiger partial charge in [-0.05, 0) is 49.7 Å². The van der Waals surface area contributed by atoms with E-state index < -0.39 is 12.0 Å². The topological polar surface area (TPSA) is 73.8 Å². The largest absolute Gasteiger partial charge is 0.463 e. The van der Waals surface area contributed by atoms with E-state index in [2.05, 4.69) is 4.99 Å². The lowest BCUT2D eigenvalue weighted by Crippen LogP contribution is -2.39. The number of allylic oxidation sites excluding steroid dienone is 1. The molecule has 3 heterocycles. The molecule has 0 saturated carbocycles. The van der Waals surface area contributed by atoms with Crippen molar-refractivity contribution < 1.29 is 13.9 Å². The average Bonchev–Trinajstić information content (AvgIpc) is 3.43. The molecule has 4 aromatic rings. The van der Waals surface area contributed by atoms with Crippen LogP contribution in [0.1, 0.15) is 31.2 Å². The highest BCUT2D eigenvalue weighted by Gasteiger charge is 2.33. The number of nitrogens with zero attached hydrogens (tertiary/aromatic N) is 2. The zero-order chi connectivity index (χ0) is 25.4. The number of aromatic nitrogens is 1. The Bertz CT molecular complexity index is 1660. The molecule has 6 nitrogen and oxygen atoms in total. The summed E-state index contributed by atoms with van der Waals surface area (Å²) in [7, 11) is 0. The molecule has 36 heavy (non-hydrogen) atoms. The van der Waals surface area contributed by atoms with Crippen LogP contribution < -0.4 is 14.9 Å². The fourth-order valence-electron chi connectivity index (χ4n) is 4.15. The molecule has 1 aliphatic heterocycles. The van der Waals surface area contributed by atoms with Gasteiger partial charge in [0.05, 0.1) is 28.5 Å². The van der Waals surface area contributed by atoms with E-state index in [1.807, 2.05) is 30.3 Å². The molecule has 0 fully saturated rings. The lowest BCUT2D eigenvalue weighted by Gasteiger charge is -2.24. The Morgan fingerprint density at radius 1 is 1.14 bits per heavy atom. The standard InChI is InChI=1S/C27H20Cl2N2O4S/c1-3-34-26(33)23-15(2)30-27-31(24(23)16-7-5-4-6-8-16)25(32)22(36-27)14-20-9-10-21(35-20)17-11-18(28)13-19(29)12-17/h4-14,24H,3H2,1-2H3/b22-14-/t24-/m0/s1. The third-order valence-corrected chi connectivity index (χ3v) is 7.10. The van der Waals surface area contributed by atoms with Gasteiger partial charge in [-0.15, -0.1) is 0 Å². The van der Waals surface area contributed by atoms with Crippen LogP contribution in [0.5, 0.6) is 0 Å². The highest BCUT2D eigenvalue weighted by Crippen LogP contribution is 2.31. The molecule has 2 aromatic carbocycles. The van der Waals surface area contributed by atoms with Gasteiger partial charge in [-0.1, -0.05) is 64.9 Å². The maximum atomic E-state index is 13.6. The van der Waals surface area contributed by atoms with Crippen molar-refractivity contribution in [1.29, 1.82) is 0 Å². The van der Waals surface area contributed by atoms with Crippen LogP contribution in [0, 0.1) is 0 Å². The summed E-state index contributed by atoms with van der Waals surface area (Å²) in [6, 6.07) is 17.5. The number of fused-ring (bicyclic) bond motifs is 1.